The number of aromatic amines is 1. The molecule has 0 unspecified atom stereocenters. The first-order chi connectivity index (χ1) is 6.79. The molecule has 0 bridgehead atoms. The Morgan fingerprint density at radius 1 is 1.50 bits per heavy atom. The van der Waals surface area contributed by atoms with Gasteiger partial charge in [-0.1, -0.05) is 13.0 Å². The molecule has 0 radical (unpaired) electrons. The van der Waals surface area contributed by atoms with Gasteiger partial charge in [-0.25, -0.2) is 4.79 Å². The van der Waals surface area contributed by atoms with E-state index in [9.17, 15) is 4.79 Å². The van der Waals surface area contributed by atoms with E-state index in [2.05, 4.69) is 17.2 Å². The van der Waals surface area contributed by atoms with Crippen LogP contribution in [0, 0.1) is 0 Å². The fraction of sp³-hybridized carbons (Fsp3) is 0.300. The minimum atomic E-state index is -0.402. The van der Waals surface area contributed by atoms with Crippen LogP contribution in [0.25, 0.3) is 11.1 Å². The van der Waals surface area contributed by atoms with Gasteiger partial charge in [0.25, 0.3) is 0 Å². The number of benzene rings is 1. The summed E-state index contributed by atoms with van der Waals surface area (Å²) in [6.07, 6.45) is 0. The van der Waals surface area contributed by atoms with Crippen molar-refractivity contribution < 1.29 is 4.42 Å². The van der Waals surface area contributed by atoms with Gasteiger partial charge in [-0.3, -0.25) is 4.98 Å². The zero-order valence-electron chi connectivity index (χ0n) is 7.96. The number of hydrogen-bond acceptors (Lipinski definition) is 3. The van der Waals surface area contributed by atoms with Crippen LogP contribution in [0.2, 0.25) is 0 Å². The number of rotatable bonds is 3. The largest absolute Gasteiger partial charge is 0.417 e. The van der Waals surface area contributed by atoms with Crippen LogP contribution in [-0.4, -0.2) is 11.5 Å². The minimum Gasteiger partial charge on any atom is -0.408 e. The van der Waals surface area contributed by atoms with Gasteiger partial charge >= 0.3 is 5.76 Å². The van der Waals surface area contributed by atoms with Gasteiger partial charge in [-0.15, -0.1) is 0 Å². The summed E-state index contributed by atoms with van der Waals surface area (Å²) in [7, 11) is 0. The van der Waals surface area contributed by atoms with Crippen LogP contribution in [0.4, 0.5) is 0 Å². The molecule has 1 aromatic heterocycles. The molecule has 1 aromatic carbocycles. The summed E-state index contributed by atoms with van der Waals surface area (Å²) in [5.41, 5.74) is 2.50. The molecule has 0 aliphatic carbocycles. The lowest BCUT2D eigenvalue weighted by Gasteiger charge is -2.00. The van der Waals surface area contributed by atoms with E-state index in [1.54, 1.807) is 6.07 Å². The molecule has 4 heteroatoms. The third-order valence-electron chi connectivity index (χ3n) is 2.06. The van der Waals surface area contributed by atoms with Gasteiger partial charge in [0, 0.05) is 6.54 Å². The van der Waals surface area contributed by atoms with E-state index in [0.29, 0.717) is 5.58 Å². The van der Waals surface area contributed by atoms with Crippen molar-refractivity contribution in [2.75, 3.05) is 6.54 Å². The Kier molecular flexibility index (Phi) is 2.37. The average molecular weight is 192 g/mol. The van der Waals surface area contributed by atoms with Crippen LogP contribution < -0.4 is 11.1 Å². The van der Waals surface area contributed by atoms with Crippen molar-refractivity contribution in [3.8, 4) is 0 Å². The Balaban J connectivity index is 2.35. The molecular formula is C10H12N2O2. The van der Waals surface area contributed by atoms with Gasteiger partial charge in [0.15, 0.2) is 5.58 Å². The maximum absolute atomic E-state index is 10.9. The normalized spacial score (nSPS) is 10.9. The monoisotopic (exact) mass is 192 g/mol. The van der Waals surface area contributed by atoms with Gasteiger partial charge in [0.2, 0.25) is 0 Å². The Bertz CT molecular complexity index is 484. The van der Waals surface area contributed by atoms with Crippen molar-refractivity contribution in [1.29, 1.82) is 0 Å². The summed E-state index contributed by atoms with van der Waals surface area (Å²) >= 11 is 0. The van der Waals surface area contributed by atoms with E-state index in [4.69, 9.17) is 4.42 Å². The number of oxazole rings is 1. The summed E-state index contributed by atoms with van der Waals surface area (Å²) in [6, 6.07) is 5.67. The molecule has 0 amide bonds. The molecule has 0 fully saturated rings. The van der Waals surface area contributed by atoms with Gasteiger partial charge in [0.1, 0.15) is 0 Å². The minimum absolute atomic E-state index is 0.402. The molecule has 1 heterocycles. The average Bonchev–Trinajstić information content (AvgIpc) is 2.54. The summed E-state index contributed by atoms with van der Waals surface area (Å²) in [6.45, 7) is 3.79. The summed E-state index contributed by atoms with van der Waals surface area (Å²) in [5.74, 6) is -0.402. The summed E-state index contributed by atoms with van der Waals surface area (Å²) in [4.78, 5) is 13.5. The maximum Gasteiger partial charge on any atom is 0.417 e. The van der Waals surface area contributed by atoms with Gasteiger partial charge < -0.3 is 9.73 Å². The Morgan fingerprint density at radius 2 is 2.36 bits per heavy atom. The number of aromatic nitrogens is 1. The smallest absolute Gasteiger partial charge is 0.408 e. The summed E-state index contributed by atoms with van der Waals surface area (Å²) < 4.78 is 4.90. The molecule has 0 saturated carbocycles. The van der Waals surface area contributed by atoms with Crippen LogP contribution in [0.3, 0.4) is 0 Å². The third-order valence-corrected chi connectivity index (χ3v) is 2.06. The first-order valence-corrected chi connectivity index (χ1v) is 4.62. The Labute approximate surface area is 80.9 Å². The second-order valence-electron chi connectivity index (χ2n) is 3.13. The molecule has 0 aliphatic heterocycles. The van der Waals surface area contributed by atoms with Crippen LogP contribution in [0.5, 0.6) is 0 Å². The lowest BCUT2D eigenvalue weighted by atomic mass is 10.2. The van der Waals surface area contributed by atoms with Gasteiger partial charge in [-0.05, 0) is 24.2 Å². The Hall–Kier alpha value is -1.55. The standard InChI is InChI=1S/C10H12N2O2/c1-2-11-6-7-3-4-9-8(5-7)12-10(13)14-9/h3-5,11H,2,6H2,1H3,(H,12,13). The highest BCUT2D eigenvalue weighted by atomic mass is 16.4. The van der Waals surface area contributed by atoms with Crippen molar-refractivity contribution >= 4 is 11.1 Å². The molecule has 14 heavy (non-hydrogen) atoms. The van der Waals surface area contributed by atoms with E-state index < -0.39 is 5.76 Å². The lowest BCUT2D eigenvalue weighted by Crippen LogP contribution is -2.11. The quantitative estimate of drug-likeness (QED) is 0.769. The molecule has 0 saturated heterocycles. The molecular weight excluding hydrogens is 180 g/mol. The van der Waals surface area contributed by atoms with Crippen LogP contribution in [0.15, 0.2) is 27.4 Å². The van der Waals surface area contributed by atoms with Crippen LogP contribution >= 0.6 is 0 Å². The first kappa shape index (κ1) is 9.02. The predicted molar refractivity (Wildman–Crippen MR) is 54.2 cm³/mol. The van der Waals surface area contributed by atoms with E-state index in [1.807, 2.05) is 12.1 Å². The molecule has 0 atom stereocenters. The van der Waals surface area contributed by atoms with Crippen molar-refractivity contribution in [3.05, 3.63) is 34.3 Å². The predicted octanol–water partition coefficient (Wildman–Crippen LogP) is 1.23. The van der Waals surface area contributed by atoms with E-state index >= 15 is 0 Å². The highest BCUT2D eigenvalue weighted by Crippen LogP contribution is 2.11. The molecule has 4 nitrogen and oxygen atoms in total. The summed E-state index contributed by atoms with van der Waals surface area (Å²) in [5, 5.41) is 3.21. The highest BCUT2D eigenvalue weighted by molar-refractivity contribution is 5.72. The third kappa shape index (κ3) is 1.70. The van der Waals surface area contributed by atoms with E-state index in [1.165, 1.54) is 0 Å². The van der Waals surface area contributed by atoms with Crippen LogP contribution in [0.1, 0.15) is 12.5 Å². The first-order valence-electron chi connectivity index (χ1n) is 4.62. The lowest BCUT2D eigenvalue weighted by molar-refractivity contribution is 0.555. The van der Waals surface area contributed by atoms with E-state index in [-0.39, 0.29) is 0 Å². The molecule has 74 valence electrons. The topological polar surface area (TPSA) is 58.0 Å². The Morgan fingerprint density at radius 3 is 3.14 bits per heavy atom. The zero-order chi connectivity index (χ0) is 9.97. The van der Waals surface area contributed by atoms with Crippen LogP contribution in [-0.2, 0) is 6.54 Å². The zero-order valence-corrected chi connectivity index (χ0v) is 7.96. The second kappa shape index (κ2) is 3.67. The number of nitrogens with one attached hydrogen (secondary N) is 2. The van der Waals surface area contributed by atoms with Crippen molar-refractivity contribution in [1.82, 2.24) is 10.3 Å². The highest BCUT2D eigenvalue weighted by Gasteiger charge is 2.00. The SMILES string of the molecule is CCNCc1ccc2oc(=O)[nH]c2c1. The molecule has 2 N–H and O–H groups in total. The molecule has 0 spiro atoms. The van der Waals surface area contributed by atoms with Crippen molar-refractivity contribution in [2.45, 2.75) is 13.5 Å². The maximum atomic E-state index is 10.9. The fourth-order valence-electron chi connectivity index (χ4n) is 1.38. The molecule has 2 rings (SSSR count). The molecule has 2 aromatic rings. The van der Waals surface area contributed by atoms with Crippen molar-refractivity contribution in [2.24, 2.45) is 0 Å². The molecule has 0 aliphatic rings. The number of hydrogen-bond donors (Lipinski definition) is 2. The van der Waals surface area contributed by atoms with Crippen molar-refractivity contribution in [3.63, 3.8) is 0 Å². The fourth-order valence-corrected chi connectivity index (χ4v) is 1.38. The second-order valence-corrected chi connectivity index (χ2v) is 3.13. The number of H-pyrrole nitrogens is 1. The number of fused-ring (bicyclic) bond motifs is 1. The van der Waals surface area contributed by atoms with E-state index in [0.717, 1.165) is 24.2 Å². The van der Waals surface area contributed by atoms with Gasteiger partial charge in [-0.2, -0.15) is 0 Å². The van der Waals surface area contributed by atoms with Gasteiger partial charge in [0.05, 0.1) is 5.52 Å².